The fraction of sp³-hybridized carbons (Fsp3) is 0.667. The first-order valence-corrected chi connectivity index (χ1v) is 7.63. The molecule has 0 saturated heterocycles. The van der Waals surface area contributed by atoms with E-state index in [0.717, 1.165) is 0 Å². The number of halogens is 2. The van der Waals surface area contributed by atoms with Crippen molar-refractivity contribution in [3.05, 3.63) is 0 Å². The van der Waals surface area contributed by atoms with Crippen LogP contribution in [0, 0.1) is 0 Å². The molecule has 0 radical (unpaired) electrons. The van der Waals surface area contributed by atoms with Gasteiger partial charge in [-0.15, -0.1) is 0 Å². The van der Waals surface area contributed by atoms with Crippen LogP contribution in [0.2, 0.25) is 11.5 Å². The van der Waals surface area contributed by atoms with E-state index in [1.165, 1.54) is 0 Å². The van der Waals surface area contributed by atoms with Gasteiger partial charge in [0.1, 0.15) is 0 Å². The first-order chi connectivity index (χ1) is 2.64. The first kappa shape index (κ1) is 6.99. The normalized spacial score (nSPS) is 8.00. The van der Waals surface area contributed by atoms with Crippen LogP contribution in [0.25, 0.3) is 0 Å². The Hall–Kier alpha value is 0.993. The number of hydrogen-bond acceptors (Lipinski definition) is 0. The van der Waals surface area contributed by atoms with Crippen LogP contribution in [0.1, 0.15) is 0 Å². The minimum absolute atomic E-state index is 0.620. The predicted molar refractivity (Wildman–Crippen MR) is 34.2 cm³/mol. The molecule has 0 nitrogen and oxygen atoms in total. The summed E-state index contributed by atoms with van der Waals surface area (Å²) in [5.41, 5.74) is 0. The van der Waals surface area contributed by atoms with Crippen molar-refractivity contribution in [1.82, 2.24) is 0 Å². The molecule has 0 spiro atoms. The van der Waals surface area contributed by atoms with Crippen molar-refractivity contribution in [1.29, 1.82) is 0 Å². The molecule has 0 atom stereocenters. The van der Waals surface area contributed by atoms with E-state index in [4.69, 9.17) is 23.2 Å². The molecule has 0 aromatic carbocycles. The van der Waals surface area contributed by atoms with Gasteiger partial charge in [-0.25, -0.2) is 0 Å². The molecule has 0 heterocycles. The fourth-order valence-electron chi connectivity index (χ4n) is 0. The maximum absolute atomic E-state index is 5.37. The zero-order valence-corrected chi connectivity index (χ0v) is 7.37. The van der Waals surface area contributed by atoms with E-state index in [2.05, 4.69) is 11.5 Å². The topological polar surface area (TPSA) is 0 Å². The molecule has 3 heteroatoms. The van der Waals surface area contributed by atoms with Gasteiger partial charge in [0.15, 0.2) is 0 Å². The predicted octanol–water partition coefficient (Wildman–Crippen LogP) is 1.89. The minimum atomic E-state index is -1.02. The third-order valence-electron chi connectivity index (χ3n) is 0.378. The summed E-state index contributed by atoms with van der Waals surface area (Å²) in [6.45, 7) is 0. The van der Waals surface area contributed by atoms with Crippen LogP contribution in [0.4, 0.5) is 0 Å². The second-order valence-electron chi connectivity index (χ2n) is 1.26. The third kappa shape index (κ3) is 3.19. The molecule has 6 heavy (non-hydrogen) atoms. The Balaban J connectivity index is 3.68. The first-order valence-electron chi connectivity index (χ1n) is 1.63. The van der Waals surface area contributed by atoms with Gasteiger partial charge in [0.2, 0.25) is 0 Å². The van der Waals surface area contributed by atoms with Crippen LogP contribution >= 0.6 is 23.2 Å². The van der Waals surface area contributed by atoms with Crippen molar-refractivity contribution in [2.45, 2.75) is 11.5 Å². The molecule has 0 N–H and O–H groups in total. The van der Waals surface area contributed by atoms with E-state index < -0.39 is 13.9 Å². The molecular weight excluding hydrogens is 180 g/mol. The van der Waals surface area contributed by atoms with Crippen LogP contribution in [-0.2, 0) is 0 Å². The van der Waals surface area contributed by atoms with Gasteiger partial charge in [0.25, 0.3) is 0 Å². The van der Waals surface area contributed by atoms with E-state index in [1.54, 1.807) is 0 Å². The second kappa shape index (κ2) is 3.06. The van der Waals surface area contributed by atoms with Gasteiger partial charge in [-0.05, 0) is 0 Å². The van der Waals surface area contributed by atoms with E-state index in [9.17, 15) is 0 Å². The average Bonchev–Trinajstić information content (AvgIpc) is 1.36. The monoisotopic (exact) mass is 186 g/mol. The Bertz CT molecular complexity index is 58.9. The Labute approximate surface area is 52.1 Å². The van der Waals surface area contributed by atoms with Crippen molar-refractivity contribution in [3.63, 3.8) is 0 Å². The average molecular weight is 186 g/mol. The fourth-order valence-corrected chi connectivity index (χ4v) is 0. The molecular formula is C3H6Cl2Ge. The number of hydrogen-bond donors (Lipinski definition) is 0. The molecule has 0 saturated carbocycles. The molecule has 36 valence electrons. The van der Waals surface area contributed by atoms with Crippen molar-refractivity contribution in [2.24, 2.45) is 0 Å². The van der Waals surface area contributed by atoms with Crippen LogP contribution < -0.4 is 0 Å². The summed E-state index contributed by atoms with van der Waals surface area (Å²) >= 11 is 9.72. The summed E-state index contributed by atoms with van der Waals surface area (Å²) in [6.07, 6.45) is 0. The van der Waals surface area contributed by atoms with E-state index in [1.807, 2.05) is 0 Å². The summed E-state index contributed by atoms with van der Waals surface area (Å²) in [7, 11) is 0. The molecule has 0 aromatic heterocycles. The Morgan fingerprint density at radius 1 is 1.33 bits per heavy atom. The van der Waals surface area contributed by atoms with E-state index >= 15 is 0 Å². The van der Waals surface area contributed by atoms with Crippen molar-refractivity contribution < 1.29 is 0 Å². The van der Waals surface area contributed by atoms with Crippen molar-refractivity contribution >= 4 is 40.4 Å². The second-order valence-corrected chi connectivity index (χ2v) is 8.78. The summed E-state index contributed by atoms with van der Waals surface area (Å²) < 4.78 is 0.620. The molecule has 0 bridgehead atoms. The van der Waals surface area contributed by atoms with Crippen LogP contribution in [-0.4, -0.2) is 17.2 Å². The van der Waals surface area contributed by atoms with Crippen LogP contribution in [0.3, 0.4) is 0 Å². The number of rotatable bonds is 0. The zero-order chi connectivity index (χ0) is 5.15. The molecule has 0 fully saturated rings. The van der Waals surface area contributed by atoms with Crippen molar-refractivity contribution in [2.75, 3.05) is 0 Å². The molecule has 0 aliphatic heterocycles. The summed E-state index contributed by atoms with van der Waals surface area (Å²) in [5, 5.41) is 0. The zero-order valence-electron chi connectivity index (χ0n) is 3.76. The summed E-state index contributed by atoms with van der Waals surface area (Å²) in [6, 6.07) is 0. The molecule has 0 aliphatic rings. The van der Waals surface area contributed by atoms with Gasteiger partial charge in [-0.3, -0.25) is 0 Å². The Kier molecular flexibility index (Phi) is 3.56. The molecule has 0 aliphatic carbocycles. The summed E-state index contributed by atoms with van der Waals surface area (Å²) in [4.78, 5) is 0. The van der Waals surface area contributed by atoms with Crippen LogP contribution in [0.15, 0.2) is 0 Å². The molecule has 0 amide bonds. The Morgan fingerprint density at radius 3 is 1.50 bits per heavy atom. The third-order valence-corrected chi connectivity index (χ3v) is 5.89. The summed E-state index contributed by atoms with van der Waals surface area (Å²) in [5.74, 6) is 4.21. The van der Waals surface area contributed by atoms with Gasteiger partial charge in [-0.1, -0.05) is 0 Å². The molecule has 0 unspecified atom stereocenters. The van der Waals surface area contributed by atoms with E-state index in [0.29, 0.717) is 3.27 Å². The SMILES string of the molecule is [CH3][Ge]([CH3])=[C](Cl)Cl. The van der Waals surface area contributed by atoms with Gasteiger partial charge in [-0.2, -0.15) is 0 Å². The van der Waals surface area contributed by atoms with Gasteiger partial charge >= 0.3 is 51.9 Å². The van der Waals surface area contributed by atoms with Gasteiger partial charge < -0.3 is 0 Å². The maximum atomic E-state index is 5.37. The van der Waals surface area contributed by atoms with Gasteiger partial charge in [0, 0.05) is 0 Å². The van der Waals surface area contributed by atoms with Gasteiger partial charge in [0.05, 0.1) is 0 Å². The molecule has 0 aromatic rings. The standard InChI is InChI=1S/C3H6Cl2Ge/c1-6(2)3(4)5/h1-2H3. The van der Waals surface area contributed by atoms with Crippen molar-refractivity contribution in [3.8, 4) is 0 Å². The molecule has 0 rings (SSSR count). The van der Waals surface area contributed by atoms with E-state index in [-0.39, 0.29) is 0 Å². The Morgan fingerprint density at radius 2 is 1.50 bits per heavy atom. The quantitative estimate of drug-likeness (QED) is 0.506. The van der Waals surface area contributed by atoms with Crippen LogP contribution in [0.5, 0.6) is 0 Å².